The molecule has 2 aromatic rings. The predicted molar refractivity (Wildman–Crippen MR) is 94.9 cm³/mol. The SMILES string of the molecule is CC[C@H](Oc1ccccc1)C(=O)Nc1sc(C)c(C)c1C(=O)OC. The number of hydrogen-bond acceptors (Lipinski definition) is 5. The molecule has 0 bridgehead atoms. The van der Waals surface area contributed by atoms with Gasteiger partial charge in [0.25, 0.3) is 5.91 Å². The number of amides is 1. The van der Waals surface area contributed by atoms with E-state index in [1.165, 1.54) is 18.4 Å². The minimum absolute atomic E-state index is 0.284. The van der Waals surface area contributed by atoms with Crippen LogP contribution in [0.2, 0.25) is 0 Å². The van der Waals surface area contributed by atoms with Crippen LogP contribution in [0.4, 0.5) is 5.00 Å². The summed E-state index contributed by atoms with van der Waals surface area (Å²) in [4.78, 5) is 25.5. The molecule has 0 saturated heterocycles. The van der Waals surface area contributed by atoms with E-state index in [4.69, 9.17) is 9.47 Å². The molecular weight excluding hydrogens is 326 g/mol. The van der Waals surface area contributed by atoms with Crippen LogP contribution in [0.25, 0.3) is 0 Å². The molecule has 1 heterocycles. The number of esters is 1. The Morgan fingerprint density at radius 2 is 1.88 bits per heavy atom. The molecular formula is C18H21NO4S. The van der Waals surface area contributed by atoms with Crippen molar-refractivity contribution in [3.05, 3.63) is 46.3 Å². The summed E-state index contributed by atoms with van der Waals surface area (Å²) in [6.07, 6.45) is -0.127. The Morgan fingerprint density at radius 3 is 2.46 bits per heavy atom. The van der Waals surface area contributed by atoms with Gasteiger partial charge in [0.15, 0.2) is 6.10 Å². The van der Waals surface area contributed by atoms with Gasteiger partial charge in [0.2, 0.25) is 0 Å². The van der Waals surface area contributed by atoms with Crippen molar-refractivity contribution >= 4 is 28.2 Å². The first kappa shape index (κ1) is 18.0. The molecule has 5 nitrogen and oxygen atoms in total. The van der Waals surface area contributed by atoms with E-state index in [1.54, 1.807) is 12.1 Å². The third kappa shape index (κ3) is 3.94. The molecule has 0 fully saturated rings. The molecule has 1 atom stereocenters. The smallest absolute Gasteiger partial charge is 0.341 e. The first-order chi connectivity index (χ1) is 11.5. The Bertz CT molecular complexity index is 724. The first-order valence-electron chi connectivity index (χ1n) is 7.68. The van der Waals surface area contributed by atoms with Gasteiger partial charge in [-0.25, -0.2) is 4.79 Å². The fraction of sp³-hybridized carbons (Fsp3) is 0.333. The van der Waals surface area contributed by atoms with E-state index in [9.17, 15) is 9.59 Å². The number of carbonyl (C=O) groups excluding carboxylic acids is 2. The highest BCUT2D eigenvalue weighted by atomic mass is 32.1. The summed E-state index contributed by atoms with van der Waals surface area (Å²) < 4.78 is 10.6. The largest absolute Gasteiger partial charge is 0.481 e. The third-order valence-electron chi connectivity index (χ3n) is 3.70. The molecule has 0 spiro atoms. The summed E-state index contributed by atoms with van der Waals surface area (Å²) in [7, 11) is 1.33. The highest BCUT2D eigenvalue weighted by Crippen LogP contribution is 2.33. The summed E-state index contributed by atoms with van der Waals surface area (Å²) in [6.45, 7) is 5.62. The number of rotatable bonds is 6. The van der Waals surface area contributed by atoms with Crippen LogP contribution in [0, 0.1) is 13.8 Å². The molecule has 0 saturated carbocycles. The Kier molecular flexibility index (Phi) is 5.98. The molecule has 128 valence electrons. The zero-order valence-electron chi connectivity index (χ0n) is 14.2. The van der Waals surface area contributed by atoms with Crippen LogP contribution in [-0.2, 0) is 9.53 Å². The lowest BCUT2D eigenvalue weighted by molar-refractivity contribution is -0.122. The van der Waals surface area contributed by atoms with E-state index >= 15 is 0 Å². The van der Waals surface area contributed by atoms with Crippen molar-refractivity contribution in [3.8, 4) is 5.75 Å². The van der Waals surface area contributed by atoms with Crippen molar-refractivity contribution in [1.82, 2.24) is 0 Å². The van der Waals surface area contributed by atoms with Crippen LogP contribution in [0.5, 0.6) is 5.75 Å². The zero-order valence-corrected chi connectivity index (χ0v) is 15.0. The minimum Gasteiger partial charge on any atom is -0.481 e. The van der Waals surface area contributed by atoms with Crippen molar-refractivity contribution in [1.29, 1.82) is 0 Å². The monoisotopic (exact) mass is 347 g/mol. The molecule has 0 aliphatic carbocycles. The molecule has 1 aromatic carbocycles. The van der Waals surface area contributed by atoms with Crippen molar-refractivity contribution < 1.29 is 19.1 Å². The topological polar surface area (TPSA) is 64.6 Å². The van der Waals surface area contributed by atoms with E-state index in [2.05, 4.69) is 5.32 Å². The average molecular weight is 347 g/mol. The van der Waals surface area contributed by atoms with Crippen LogP contribution >= 0.6 is 11.3 Å². The number of aryl methyl sites for hydroxylation is 1. The predicted octanol–water partition coefficient (Wildman–Crippen LogP) is 3.95. The second-order valence-electron chi connectivity index (χ2n) is 5.30. The van der Waals surface area contributed by atoms with Crippen molar-refractivity contribution in [2.45, 2.75) is 33.3 Å². The normalized spacial score (nSPS) is 11.7. The standard InChI is InChI=1S/C18H21NO4S/c1-5-14(23-13-9-7-6-8-10-13)16(20)19-17-15(18(21)22-4)11(2)12(3)24-17/h6-10,14H,5H2,1-4H3,(H,19,20)/t14-/m0/s1. The van der Waals surface area contributed by atoms with E-state index < -0.39 is 12.1 Å². The van der Waals surface area contributed by atoms with E-state index in [0.29, 0.717) is 22.7 Å². The highest BCUT2D eigenvalue weighted by Gasteiger charge is 2.25. The number of ether oxygens (including phenoxy) is 2. The van der Waals surface area contributed by atoms with Gasteiger partial charge in [-0.1, -0.05) is 25.1 Å². The van der Waals surface area contributed by atoms with Gasteiger partial charge in [-0.15, -0.1) is 11.3 Å². The average Bonchev–Trinajstić information content (AvgIpc) is 2.86. The van der Waals surface area contributed by atoms with Gasteiger partial charge >= 0.3 is 5.97 Å². The Balaban J connectivity index is 2.19. The van der Waals surface area contributed by atoms with E-state index in [0.717, 1.165) is 10.4 Å². The van der Waals surface area contributed by atoms with Gasteiger partial charge < -0.3 is 14.8 Å². The molecule has 24 heavy (non-hydrogen) atoms. The summed E-state index contributed by atoms with van der Waals surface area (Å²) in [5, 5.41) is 3.31. The lowest BCUT2D eigenvalue weighted by Crippen LogP contribution is -2.32. The molecule has 1 N–H and O–H groups in total. The van der Waals surface area contributed by atoms with Crippen LogP contribution < -0.4 is 10.1 Å². The number of benzene rings is 1. The molecule has 0 radical (unpaired) electrons. The number of thiophene rings is 1. The van der Waals surface area contributed by atoms with Gasteiger partial charge in [0, 0.05) is 4.88 Å². The van der Waals surface area contributed by atoms with Crippen molar-refractivity contribution in [2.75, 3.05) is 12.4 Å². The van der Waals surface area contributed by atoms with Crippen LogP contribution in [0.15, 0.2) is 30.3 Å². The van der Waals surface area contributed by atoms with Gasteiger partial charge in [0.1, 0.15) is 10.8 Å². The van der Waals surface area contributed by atoms with Crippen LogP contribution in [0.1, 0.15) is 34.1 Å². The van der Waals surface area contributed by atoms with Crippen LogP contribution in [0.3, 0.4) is 0 Å². The number of para-hydroxylation sites is 1. The molecule has 2 rings (SSSR count). The first-order valence-corrected chi connectivity index (χ1v) is 8.50. The summed E-state index contributed by atoms with van der Waals surface area (Å²) in [6, 6.07) is 9.18. The van der Waals surface area contributed by atoms with Crippen molar-refractivity contribution in [2.24, 2.45) is 0 Å². The maximum atomic E-state index is 12.6. The fourth-order valence-corrected chi connectivity index (χ4v) is 3.29. The molecule has 0 aliphatic rings. The third-order valence-corrected chi connectivity index (χ3v) is 4.82. The zero-order chi connectivity index (χ0) is 17.7. The van der Waals surface area contributed by atoms with Crippen LogP contribution in [-0.4, -0.2) is 25.1 Å². The van der Waals surface area contributed by atoms with Gasteiger partial charge in [-0.05, 0) is 38.0 Å². The minimum atomic E-state index is -0.638. The van der Waals surface area contributed by atoms with Crippen molar-refractivity contribution in [3.63, 3.8) is 0 Å². The van der Waals surface area contributed by atoms with Gasteiger partial charge in [-0.3, -0.25) is 4.79 Å². The van der Waals surface area contributed by atoms with E-state index in [1.807, 2.05) is 39.0 Å². The summed E-state index contributed by atoms with van der Waals surface area (Å²) >= 11 is 1.36. The maximum absolute atomic E-state index is 12.6. The fourth-order valence-electron chi connectivity index (χ4n) is 2.24. The second-order valence-corrected chi connectivity index (χ2v) is 6.52. The van der Waals surface area contributed by atoms with Gasteiger partial charge in [-0.2, -0.15) is 0 Å². The second kappa shape index (κ2) is 7.97. The Labute approximate surface area is 145 Å². The quantitative estimate of drug-likeness (QED) is 0.804. The molecule has 6 heteroatoms. The maximum Gasteiger partial charge on any atom is 0.341 e. The highest BCUT2D eigenvalue weighted by molar-refractivity contribution is 7.16. The summed E-state index contributed by atoms with van der Waals surface area (Å²) in [5.41, 5.74) is 1.22. The number of anilines is 1. The number of carbonyl (C=O) groups is 2. The molecule has 0 unspecified atom stereocenters. The molecule has 0 aliphatic heterocycles. The lowest BCUT2D eigenvalue weighted by atomic mass is 10.1. The molecule has 1 amide bonds. The lowest BCUT2D eigenvalue weighted by Gasteiger charge is -2.17. The summed E-state index contributed by atoms with van der Waals surface area (Å²) in [5.74, 6) is -0.108. The molecule has 1 aromatic heterocycles. The number of hydrogen-bond donors (Lipinski definition) is 1. The number of methoxy groups -OCH3 is 1. The van der Waals surface area contributed by atoms with Gasteiger partial charge in [0.05, 0.1) is 12.7 Å². The number of nitrogens with one attached hydrogen (secondary N) is 1. The Morgan fingerprint density at radius 1 is 1.21 bits per heavy atom. The van der Waals surface area contributed by atoms with E-state index in [-0.39, 0.29) is 5.91 Å². The Hall–Kier alpha value is -2.34.